The van der Waals surface area contributed by atoms with Crippen LogP contribution in [0.15, 0.2) is 96.2 Å². The van der Waals surface area contributed by atoms with Gasteiger partial charge in [0.1, 0.15) is 35.6 Å². The zero-order valence-corrected chi connectivity index (χ0v) is 42.6. The number of oxime groups is 1. The van der Waals surface area contributed by atoms with E-state index >= 15 is 0 Å². The second-order valence-electron chi connectivity index (χ2n) is 19.0. The minimum Gasteiger partial charge on any atom is -0.497 e. The van der Waals surface area contributed by atoms with Crippen molar-refractivity contribution in [3.8, 4) is 23.0 Å². The lowest BCUT2D eigenvalue weighted by Gasteiger charge is -2.59. The predicted octanol–water partition coefficient (Wildman–Crippen LogP) is 12.1. The molecule has 14 nitrogen and oxygen atoms in total. The number of methoxy groups -OCH3 is 2. The van der Waals surface area contributed by atoms with E-state index < -0.39 is 29.9 Å². The summed E-state index contributed by atoms with van der Waals surface area (Å²) in [6, 6.07) is 19.5. The molecule has 0 radical (unpaired) electrons. The summed E-state index contributed by atoms with van der Waals surface area (Å²) in [5.41, 5.74) is 3.73. The van der Waals surface area contributed by atoms with Crippen LogP contribution in [0.1, 0.15) is 133 Å². The first-order chi connectivity index (χ1) is 34.7. The molecular formula is C57H79N3O11. The topological polar surface area (TPSA) is 167 Å². The van der Waals surface area contributed by atoms with Crippen LogP contribution in [-0.2, 0) is 20.9 Å². The maximum Gasteiger partial charge on any atom is 0.417 e. The van der Waals surface area contributed by atoms with Crippen LogP contribution in [0.4, 0.5) is 15.3 Å². The lowest BCUT2D eigenvalue weighted by Crippen LogP contribution is -2.69. The Morgan fingerprint density at radius 2 is 1.56 bits per heavy atom. The second-order valence-corrected chi connectivity index (χ2v) is 19.0. The van der Waals surface area contributed by atoms with E-state index in [4.69, 9.17) is 38.4 Å². The predicted molar refractivity (Wildman–Crippen MR) is 276 cm³/mol. The van der Waals surface area contributed by atoms with Gasteiger partial charge in [-0.1, -0.05) is 125 Å². The molecule has 2 amide bonds. The Balaban J connectivity index is 1.39. The summed E-state index contributed by atoms with van der Waals surface area (Å²) in [4.78, 5) is 35.8. The molecule has 3 aromatic carbocycles. The van der Waals surface area contributed by atoms with Gasteiger partial charge in [-0.2, -0.15) is 0 Å². The lowest BCUT2D eigenvalue weighted by molar-refractivity contribution is -0.253. The highest BCUT2D eigenvalue weighted by atomic mass is 16.7. The number of unbranched alkanes of at least 4 members (excludes halogenated alkanes) is 11. The summed E-state index contributed by atoms with van der Waals surface area (Å²) in [5.74, 6) is -0.569. The van der Waals surface area contributed by atoms with Crippen LogP contribution >= 0.6 is 0 Å². The molecule has 3 N–H and O–H groups in total. The molecule has 0 spiro atoms. The molecule has 71 heavy (non-hydrogen) atoms. The van der Waals surface area contributed by atoms with Crippen molar-refractivity contribution in [3.63, 3.8) is 0 Å². The van der Waals surface area contributed by atoms with Crippen molar-refractivity contribution in [3.05, 3.63) is 102 Å². The number of carbonyl (C=O) groups is 2. The number of fused-ring (bicyclic) bond motifs is 2. The van der Waals surface area contributed by atoms with Crippen LogP contribution in [0, 0.1) is 17.8 Å². The molecule has 2 aliphatic carbocycles. The summed E-state index contributed by atoms with van der Waals surface area (Å²) in [6.07, 6.45) is 19.0. The summed E-state index contributed by atoms with van der Waals surface area (Å²) < 4.78 is 37.2. The van der Waals surface area contributed by atoms with Crippen LogP contribution in [0.5, 0.6) is 23.0 Å². The van der Waals surface area contributed by atoms with Crippen molar-refractivity contribution in [1.82, 2.24) is 4.90 Å². The smallest absolute Gasteiger partial charge is 0.417 e. The Morgan fingerprint density at radius 3 is 2.25 bits per heavy atom. The Hall–Kier alpha value is -5.57. The van der Waals surface area contributed by atoms with Crippen LogP contribution in [0.3, 0.4) is 0 Å². The van der Waals surface area contributed by atoms with Gasteiger partial charge in [0.15, 0.2) is 0 Å². The number of carbonyl (C=O) groups excluding carboxylic acids is 2. The van der Waals surface area contributed by atoms with Crippen LogP contribution in [-0.4, -0.2) is 92.5 Å². The Labute approximate surface area is 421 Å². The number of hydrogen-bond acceptors (Lipinski definition) is 12. The van der Waals surface area contributed by atoms with Gasteiger partial charge in [0, 0.05) is 44.2 Å². The summed E-state index contributed by atoms with van der Waals surface area (Å²) in [5, 5.41) is 27.7. The van der Waals surface area contributed by atoms with Gasteiger partial charge in [0.2, 0.25) is 5.79 Å². The highest BCUT2D eigenvalue weighted by molar-refractivity contribution is 6.03. The number of likely N-dealkylation sites (N-methyl/N-ethyl adjacent to an activating group) is 1. The SMILES string of the molecule is C=CCO[C@@]12Oc3ccc(OC(=O)Nc4ccc(OC)cc4OC)cc3[C@H]3[C@H](CCCCO)[C@@H](CCCCO)C=C(C(=NOCc4ccccc4)C[C@@H]1N(C)C(=O)OCCCCCCCCCCCC)[C@H]32. The second kappa shape index (κ2) is 28.5. The van der Waals surface area contributed by atoms with Crippen molar-refractivity contribution in [2.75, 3.05) is 53.0 Å². The fraction of sp³-hybridized carbons (Fsp3) is 0.561. The first kappa shape index (κ1) is 54.8. The van der Waals surface area contributed by atoms with Gasteiger partial charge in [-0.3, -0.25) is 5.32 Å². The average Bonchev–Trinajstić information content (AvgIpc) is 3.38. The van der Waals surface area contributed by atoms with Gasteiger partial charge in [-0.25, -0.2) is 9.59 Å². The number of anilines is 1. The van der Waals surface area contributed by atoms with E-state index in [0.717, 1.165) is 61.6 Å². The molecule has 0 saturated heterocycles. The molecule has 6 atom stereocenters. The first-order valence-electron chi connectivity index (χ1n) is 26.1. The minimum atomic E-state index is -1.46. The maximum atomic E-state index is 14.4. The molecule has 1 aliphatic heterocycles. The van der Waals surface area contributed by atoms with Gasteiger partial charge in [0.25, 0.3) is 0 Å². The van der Waals surface area contributed by atoms with Crippen molar-refractivity contribution in [2.24, 2.45) is 22.9 Å². The van der Waals surface area contributed by atoms with Gasteiger partial charge in [-0.15, -0.1) is 6.58 Å². The fourth-order valence-electron chi connectivity index (χ4n) is 10.7. The van der Waals surface area contributed by atoms with Crippen LogP contribution in [0.25, 0.3) is 0 Å². The van der Waals surface area contributed by atoms with Crippen molar-refractivity contribution < 1.29 is 53.1 Å². The largest absolute Gasteiger partial charge is 0.497 e. The number of nitrogens with one attached hydrogen (secondary N) is 1. The lowest BCUT2D eigenvalue weighted by atomic mass is 9.55. The average molecular weight is 982 g/mol. The number of ether oxygens (including phenoxy) is 6. The molecule has 3 aliphatic rings. The molecule has 0 bridgehead atoms. The van der Waals surface area contributed by atoms with Gasteiger partial charge < -0.3 is 48.4 Å². The molecule has 1 saturated carbocycles. The van der Waals surface area contributed by atoms with Crippen molar-refractivity contribution in [1.29, 1.82) is 0 Å². The molecular weight excluding hydrogens is 903 g/mol. The molecule has 1 fully saturated rings. The maximum absolute atomic E-state index is 14.4. The van der Waals surface area contributed by atoms with E-state index in [9.17, 15) is 19.8 Å². The number of aliphatic hydroxyl groups is 2. The molecule has 3 aromatic rings. The molecule has 388 valence electrons. The minimum absolute atomic E-state index is 0.00887. The summed E-state index contributed by atoms with van der Waals surface area (Å²) >= 11 is 0. The van der Waals surface area contributed by atoms with E-state index in [1.807, 2.05) is 36.4 Å². The Morgan fingerprint density at radius 1 is 0.859 bits per heavy atom. The number of allylic oxidation sites excluding steroid dienone is 1. The summed E-state index contributed by atoms with van der Waals surface area (Å²) in [7, 11) is 4.80. The van der Waals surface area contributed by atoms with E-state index in [0.29, 0.717) is 53.8 Å². The zero-order valence-electron chi connectivity index (χ0n) is 42.6. The molecule has 6 rings (SSSR count). The van der Waals surface area contributed by atoms with Gasteiger partial charge in [0.05, 0.1) is 44.8 Å². The number of aliphatic hydroxyl groups excluding tert-OH is 2. The third-order valence-electron chi connectivity index (χ3n) is 14.2. The van der Waals surface area contributed by atoms with Gasteiger partial charge in [-0.05, 0) is 85.4 Å². The van der Waals surface area contributed by atoms with Gasteiger partial charge >= 0.3 is 12.2 Å². The van der Waals surface area contributed by atoms with Crippen LogP contribution < -0.4 is 24.3 Å². The van der Waals surface area contributed by atoms with E-state index in [1.165, 1.54) is 52.1 Å². The molecule has 14 heteroatoms. The Kier molecular flexibility index (Phi) is 22.0. The molecule has 0 unspecified atom stereocenters. The standard InChI is InChI=1S/C57H79N3O11/c1-6-8-9-10-11-12-13-14-15-23-35-67-56(64)60(3)52-39-49(59-69-40-41-24-17-16-18-25-41)46-36-42(26-19-21-32-61)45(27-20-22-33-62)53-47-37-44(29-31-50(47)71-57(52,54(46)53)68-34-7-2)70-55(63)58-48-30-28-43(65-4)38-51(48)66-5/h7,16-18,24-25,28-31,36-38,42,45,52-54,61-62H,2,6,8-15,19-23,26-27,32-35,39-40H2,1,3-5H3,(H,58,63)/t42-,45+,52-,53+,54+,57+/m0/s1. The third kappa shape index (κ3) is 14.5. The number of nitrogens with zero attached hydrogens (tertiary/aromatic N) is 2. The molecule has 0 aromatic heterocycles. The van der Waals surface area contributed by atoms with Crippen molar-refractivity contribution in [2.45, 2.75) is 140 Å². The Bertz CT molecular complexity index is 2200. The van der Waals surface area contributed by atoms with E-state index in [1.54, 1.807) is 55.5 Å². The highest BCUT2D eigenvalue weighted by Gasteiger charge is 2.65. The van der Waals surface area contributed by atoms with Crippen molar-refractivity contribution >= 4 is 23.6 Å². The van der Waals surface area contributed by atoms with Crippen LogP contribution in [0.2, 0.25) is 0 Å². The monoisotopic (exact) mass is 982 g/mol. The number of rotatable bonds is 30. The zero-order chi connectivity index (χ0) is 50.4. The molecule has 1 heterocycles. The normalized spacial score (nSPS) is 21.5. The van der Waals surface area contributed by atoms with E-state index in [-0.39, 0.29) is 50.6 Å². The first-order valence-corrected chi connectivity index (χ1v) is 26.1. The number of hydrogen-bond donors (Lipinski definition) is 3. The van der Waals surface area contributed by atoms with E-state index in [2.05, 4.69) is 24.9 Å². The third-order valence-corrected chi connectivity index (χ3v) is 14.2. The quantitative estimate of drug-likeness (QED) is 0.0330. The fourth-order valence-corrected chi connectivity index (χ4v) is 10.7. The number of benzene rings is 3. The number of amides is 2. The highest BCUT2D eigenvalue weighted by Crippen LogP contribution is 2.62. The summed E-state index contributed by atoms with van der Waals surface area (Å²) in [6.45, 7) is 7.04.